The van der Waals surface area contributed by atoms with Crippen LogP contribution in [0.3, 0.4) is 0 Å². The third-order valence-electron chi connectivity index (χ3n) is 3.83. The molecule has 2 aliphatic rings. The monoisotopic (exact) mass is 308 g/mol. The standard InChI is InChI=1S/C14H24N6O2/c1-14(2,3)22-13(21)19-8-4-5-11(19)9-20-12(16-17-18-20)15-10-6-7-10/h10-11H,4-9H2,1-3H3,(H,15,16,18)/t11-/m1/s1. The van der Waals surface area contributed by atoms with Crippen LogP contribution in [0.25, 0.3) is 0 Å². The Morgan fingerprint density at radius 3 is 2.82 bits per heavy atom. The molecule has 0 spiro atoms. The van der Waals surface area contributed by atoms with Gasteiger partial charge in [0.05, 0.1) is 12.6 Å². The maximum atomic E-state index is 12.3. The molecular weight excluding hydrogens is 284 g/mol. The van der Waals surface area contributed by atoms with Gasteiger partial charge in [-0.15, -0.1) is 0 Å². The minimum atomic E-state index is -0.474. The van der Waals surface area contributed by atoms with Gasteiger partial charge in [-0.25, -0.2) is 9.48 Å². The molecule has 22 heavy (non-hydrogen) atoms. The van der Waals surface area contributed by atoms with Crippen molar-refractivity contribution >= 4 is 12.0 Å². The minimum Gasteiger partial charge on any atom is -0.444 e. The van der Waals surface area contributed by atoms with Crippen LogP contribution in [-0.4, -0.2) is 55.4 Å². The molecule has 1 N–H and O–H groups in total. The molecule has 8 heteroatoms. The average molecular weight is 308 g/mol. The molecule has 3 rings (SSSR count). The topological polar surface area (TPSA) is 85.2 Å². The predicted molar refractivity (Wildman–Crippen MR) is 80.4 cm³/mol. The van der Waals surface area contributed by atoms with E-state index in [-0.39, 0.29) is 12.1 Å². The number of nitrogens with zero attached hydrogens (tertiary/aromatic N) is 5. The molecule has 1 saturated carbocycles. The Labute approximate surface area is 130 Å². The maximum absolute atomic E-state index is 12.3. The Bertz CT molecular complexity index is 534. The van der Waals surface area contributed by atoms with Crippen molar-refractivity contribution in [2.75, 3.05) is 11.9 Å². The number of nitrogens with one attached hydrogen (secondary N) is 1. The van der Waals surface area contributed by atoms with Crippen molar-refractivity contribution in [3.8, 4) is 0 Å². The number of amides is 1. The molecule has 0 unspecified atom stereocenters. The van der Waals surface area contributed by atoms with Crippen molar-refractivity contribution in [2.24, 2.45) is 0 Å². The van der Waals surface area contributed by atoms with Crippen LogP contribution in [0.1, 0.15) is 46.5 Å². The van der Waals surface area contributed by atoms with Gasteiger partial charge >= 0.3 is 6.09 Å². The van der Waals surface area contributed by atoms with E-state index in [4.69, 9.17) is 4.74 Å². The molecule has 1 saturated heterocycles. The summed E-state index contributed by atoms with van der Waals surface area (Å²) in [4.78, 5) is 14.1. The van der Waals surface area contributed by atoms with E-state index in [0.29, 0.717) is 18.5 Å². The molecule has 1 aliphatic heterocycles. The zero-order valence-electron chi connectivity index (χ0n) is 13.4. The van der Waals surface area contributed by atoms with Gasteiger partial charge in [0.15, 0.2) is 0 Å². The lowest BCUT2D eigenvalue weighted by molar-refractivity contribution is 0.0211. The predicted octanol–water partition coefficient (Wildman–Crippen LogP) is 1.65. The van der Waals surface area contributed by atoms with Crippen LogP contribution in [-0.2, 0) is 11.3 Å². The summed E-state index contributed by atoms with van der Waals surface area (Å²) in [5, 5.41) is 15.1. The van der Waals surface area contributed by atoms with Crippen LogP contribution in [0.5, 0.6) is 0 Å². The molecule has 2 heterocycles. The smallest absolute Gasteiger partial charge is 0.410 e. The fraction of sp³-hybridized carbons (Fsp3) is 0.857. The summed E-state index contributed by atoms with van der Waals surface area (Å²) in [6.45, 7) is 6.98. The molecule has 1 amide bonds. The van der Waals surface area contributed by atoms with Gasteiger partial charge in [0.1, 0.15) is 5.60 Å². The lowest BCUT2D eigenvalue weighted by Gasteiger charge is -2.28. The maximum Gasteiger partial charge on any atom is 0.410 e. The van der Waals surface area contributed by atoms with Crippen LogP contribution in [0.2, 0.25) is 0 Å². The fourth-order valence-electron chi connectivity index (χ4n) is 2.63. The van der Waals surface area contributed by atoms with Crippen molar-refractivity contribution in [3.05, 3.63) is 0 Å². The van der Waals surface area contributed by atoms with E-state index in [9.17, 15) is 4.79 Å². The second kappa shape index (κ2) is 5.73. The van der Waals surface area contributed by atoms with Gasteiger partial charge < -0.3 is 15.0 Å². The van der Waals surface area contributed by atoms with Gasteiger partial charge in [-0.05, 0) is 56.9 Å². The number of hydrogen-bond acceptors (Lipinski definition) is 6. The summed E-state index contributed by atoms with van der Waals surface area (Å²) < 4.78 is 7.24. The molecule has 1 aromatic heterocycles. The number of hydrogen-bond donors (Lipinski definition) is 1. The van der Waals surface area contributed by atoms with E-state index in [1.54, 1.807) is 9.58 Å². The molecular formula is C14H24N6O2. The van der Waals surface area contributed by atoms with Crippen molar-refractivity contribution in [1.29, 1.82) is 0 Å². The van der Waals surface area contributed by atoms with Crippen molar-refractivity contribution in [3.63, 3.8) is 0 Å². The molecule has 2 fully saturated rings. The minimum absolute atomic E-state index is 0.0816. The van der Waals surface area contributed by atoms with Gasteiger partial charge in [-0.1, -0.05) is 5.10 Å². The highest BCUT2D eigenvalue weighted by Crippen LogP contribution is 2.25. The van der Waals surface area contributed by atoms with Crippen molar-refractivity contribution < 1.29 is 9.53 Å². The number of rotatable bonds is 4. The SMILES string of the molecule is CC(C)(C)OC(=O)N1CCC[C@@H]1Cn1nnnc1NC1CC1. The number of tetrazole rings is 1. The summed E-state index contributed by atoms with van der Waals surface area (Å²) in [5.74, 6) is 0.693. The van der Waals surface area contributed by atoms with Crippen LogP contribution in [0.4, 0.5) is 10.7 Å². The average Bonchev–Trinajstić information content (AvgIpc) is 2.93. The van der Waals surface area contributed by atoms with Gasteiger partial charge in [-0.2, -0.15) is 0 Å². The van der Waals surface area contributed by atoms with E-state index in [1.807, 2.05) is 20.8 Å². The first-order valence-electron chi connectivity index (χ1n) is 7.95. The first kappa shape index (κ1) is 15.1. The third-order valence-corrected chi connectivity index (χ3v) is 3.83. The number of likely N-dealkylation sites (tertiary alicyclic amines) is 1. The van der Waals surface area contributed by atoms with Gasteiger partial charge in [0.25, 0.3) is 0 Å². The highest BCUT2D eigenvalue weighted by molar-refractivity contribution is 5.68. The Morgan fingerprint density at radius 2 is 2.14 bits per heavy atom. The summed E-state index contributed by atoms with van der Waals surface area (Å²) in [7, 11) is 0. The second-order valence-corrected chi connectivity index (χ2v) is 7.07. The Morgan fingerprint density at radius 1 is 1.36 bits per heavy atom. The zero-order valence-corrected chi connectivity index (χ0v) is 13.4. The summed E-state index contributed by atoms with van der Waals surface area (Å²) in [5.41, 5.74) is -0.474. The molecule has 1 aliphatic carbocycles. The van der Waals surface area contributed by atoms with Crippen molar-refractivity contribution in [1.82, 2.24) is 25.1 Å². The first-order chi connectivity index (χ1) is 10.4. The molecule has 1 aromatic rings. The van der Waals surface area contributed by atoms with E-state index < -0.39 is 5.60 Å². The van der Waals surface area contributed by atoms with Crippen LogP contribution >= 0.6 is 0 Å². The number of ether oxygens (including phenoxy) is 1. The quantitative estimate of drug-likeness (QED) is 0.910. The lowest BCUT2D eigenvalue weighted by atomic mass is 10.2. The molecule has 8 nitrogen and oxygen atoms in total. The fourth-order valence-corrected chi connectivity index (χ4v) is 2.63. The largest absolute Gasteiger partial charge is 0.444 e. The summed E-state index contributed by atoms with van der Waals surface area (Å²) >= 11 is 0. The Balaban J connectivity index is 1.63. The number of aromatic nitrogens is 4. The molecule has 122 valence electrons. The highest BCUT2D eigenvalue weighted by Gasteiger charge is 2.33. The zero-order chi connectivity index (χ0) is 15.7. The lowest BCUT2D eigenvalue weighted by Crippen LogP contribution is -2.41. The van der Waals surface area contributed by atoms with Crippen LogP contribution in [0.15, 0.2) is 0 Å². The van der Waals surface area contributed by atoms with Gasteiger partial charge in [0, 0.05) is 12.6 Å². The third kappa shape index (κ3) is 3.66. The normalized spacial score (nSPS) is 22.0. The van der Waals surface area contributed by atoms with E-state index >= 15 is 0 Å². The first-order valence-corrected chi connectivity index (χ1v) is 7.95. The summed E-state index contributed by atoms with van der Waals surface area (Å²) in [6.07, 6.45) is 4.01. The van der Waals surface area contributed by atoms with E-state index in [1.165, 1.54) is 12.8 Å². The van der Waals surface area contributed by atoms with Crippen molar-refractivity contribution in [2.45, 2.75) is 70.7 Å². The Hall–Kier alpha value is -1.86. The molecule has 0 bridgehead atoms. The second-order valence-electron chi connectivity index (χ2n) is 7.07. The van der Waals surface area contributed by atoms with E-state index in [2.05, 4.69) is 20.8 Å². The molecule has 1 atom stereocenters. The van der Waals surface area contributed by atoms with Gasteiger partial charge in [0.2, 0.25) is 5.95 Å². The van der Waals surface area contributed by atoms with Crippen LogP contribution < -0.4 is 5.32 Å². The van der Waals surface area contributed by atoms with Crippen LogP contribution in [0, 0.1) is 0 Å². The Kier molecular flexibility index (Phi) is 3.92. The molecule has 0 aromatic carbocycles. The summed E-state index contributed by atoms with van der Waals surface area (Å²) in [6, 6.07) is 0.577. The highest BCUT2D eigenvalue weighted by atomic mass is 16.6. The number of carbonyl (C=O) groups excluding carboxylic acids is 1. The molecule has 0 radical (unpaired) electrons. The number of carbonyl (C=O) groups is 1. The number of anilines is 1. The van der Waals surface area contributed by atoms with E-state index in [0.717, 1.165) is 19.4 Å². The van der Waals surface area contributed by atoms with Gasteiger partial charge in [-0.3, -0.25) is 0 Å².